The van der Waals surface area contributed by atoms with Crippen LogP contribution in [0.5, 0.6) is 0 Å². The van der Waals surface area contributed by atoms with Crippen LogP contribution in [0.25, 0.3) is 0 Å². The van der Waals surface area contributed by atoms with E-state index in [0.717, 1.165) is 25.9 Å². The van der Waals surface area contributed by atoms with E-state index in [-0.39, 0.29) is 5.92 Å². The quantitative estimate of drug-likeness (QED) is 0.835. The maximum absolute atomic E-state index is 12.6. The molecule has 0 amide bonds. The van der Waals surface area contributed by atoms with Gasteiger partial charge in [0, 0.05) is 12.0 Å². The fourth-order valence-electron chi connectivity index (χ4n) is 2.45. The number of piperidine rings is 1. The first-order chi connectivity index (χ1) is 8.49. The fourth-order valence-corrected chi connectivity index (χ4v) is 2.45. The average Bonchev–Trinajstić information content (AvgIpc) is 2.71. The molecular formula is C12H20F2N4. The second-order valence-electron chi connectivity index (χ2n) is 5.14. The third-order valence-electron chi connectivity index (χ3n) is 3.63. The third kappa shape index (κ3) is 2.68. The van der Waals surface area contributed by atoms with Crippen molar-refractivity contribution in [2.45, 2.75) is 52.1 Å². The smallest absolute Gasteiger partial charge is 0.301 e. The number of alkyl halides is 2. The number of hydrogen-bond acceptors (Lipinski definition) is 3. The highest BCUT2D eigenvalue weighted by Gasteiger charge is 2.26. The van der Waals surface area contributed by atoms with Crippen LogP contribution in [-0.2, 0) is 0 Å². The molecule has 0 atom stereocenters. The first-order valence-electron chi connectivity index (χ1n) is 6.44. The van der Waals surface area contributed by atoms with Crippen molar-refractivity contribution in [3.05, 3.63) is 11.6 Å². The van der Waals surface area contributed by atoms with E-state index in [2.05, 4.69) is 28.8 Å². The second-order valence-corrected chi connectivity index (χ2v) is 5.14. The van der Waals surface area contributed by atoms with Gasteiger partial charge < -0.3 is 4.90 Å². The minimum absolute atomic E-state index is 0.221. The first kappa shape index (κ1) is 13.4. The van der Waals surface area contributed by atoms with Gasteiger partial charge >= 0.3 is 6.55 Å². The Kier molecular flexibility index (Phi) is 3.94. The van der Waals surface area contributed by atoms with Crippen molar-refractivity contribution in [3.8, 4) is 0 Å². The number of hydrogen-bond donors (Lipinski definition) is 0. The maximum Gasteiger partial charge on any atom is 0.334 e. The highest BCUT2D eigenvalue weighted by atomic mass is 19.3. The number of aromatic nitrogens is 3. The molecule has 1 saturated heterocycles. The molecule has 0 aliphatic carbocycles. The fraction of sp³-hybridized carbons (Fsp3) is 0.833. The summed E-state index contributed by atoms with van der Waals surface area (Å²) < 4.78 is 26.0. The van der Waals surface area contributed by atoms with Crippen LogP contribution in [0.1, 0.15) is 50.8 Å². The lowest BCUT2D eigenvalue weighted by Crippen LogP contribution is -2.38. The van der Waals surface area contributed by atoms with Crippen molar-refractivity contribution in [1.29, 1.82) is 0 Å². The Morgan fingerprint density at radius 3 is 2.28 bits per heavy atom. The van der Waals surface area contributed by atoms with Crippen LogP contribution in [0.4, 0.5) is 8.78 Å². The molecule has 0 unspecified atom stereocenters. The topological polar surface area (TPSA) is 34.0 Å². The summed E-state index contributed by atoms with van der Waals surface area (Å²) in [5.74, 6) is 1.10. The minimum Gasteiger partial charge on any atom is -0.301 e. The average molecular weight is 258 g/mol. The van der Waals surface area contributed by atoms with Crippen molar-refractivity contribution < 1.29 is 8.78 Å². The molecule has 1 aliphatic rings. The SMILES string of the molecule is Cc1nc(C2CCN(C(C)C)CC2)nn1C(F)F. The number of aryl methyl sites for hydroxylation is 1. The van der Waals surface area contributed by atoms with Gasteiger partial charge in [-0.15, -0.1) is 0 Å². The van der Waals surface area contributed by atoms with Gasteiger partial charge in [0.05, 0.1) is 0 Å². The Labute approximate surface area is 106 Å². The molecular weight excluding hydrogens is 238 g/mol. The predicted molar refractivity (Wildman–Crippen MR) is 64.7 cm³/mol. The second kappa shape index (κ2) is 5.30. The van der Waals surface area contributed by atoms with Crippen molar-refractivity contribution in [2.24, 2.45) is 0 Å². The van der Waals surface area contributed by atoms with Gasteiger partial charge in [0.25, 0.3) is 0 Å². The van der Waals surface area contributed by atoms with Crippen LogP contribution in [0, 0.1) is 6.92 Å². The molecule has 6 heteroatoms. The zero-order valence-corrected chi connectivity index (χ0v) is 11.1. The van der Waals surface area contributed by atoms with Gasteiger partial charge in [0.1, 0.15) is 5.82 Å². The summed E-state index contributed by atoms with van der Waals surface area (Å²) in [6.07, 6.45) is 1.90. The third-order valence-corrected chi connectivity index (χ3v) is 3.63. The first-order valence-corrected chi connectivity index (χ1v) is 6.44. The summed E-state index contributed by atoms with van der Waals surface area (Å²) in [4.78, 5) is 6.58. The molecule has 1 aromatic rings. The molecule has 0 radical (unpaired) electrons. The zero-order chi connectivity index (χ0) is 13.3. The number of nitrogens with zero attached hydrogens (tertiary/aromatic N) is 4. The van der Waals surface area contributed by atoms with Crippen LogP contribution in [0.15, 0.2) is 0 Å². The standard InChI is InChI=1S/C12H20F2N4/c1-8(2)17-6-4-10(5-7-17)11-15-9(3)18(16-11)12(13)14/h8,10,12H,4-7H2,1-3H3. The van der Waals surface area contributed by atoms with Gasteiger partial charge in [-0.2, -0.15) is 18.6 Å². The van der Waals surface area contributed by atoms with Crippen molar-refractivity contribution in [3.63, 3.8) is 0 Å². The molecule has 1 fully saturated rings. The van der Waals surface area contributed by atoms with Crippen molar-refractivity contribution >= 4 is 0 Å². The zero-order valence-electron chi connectivity index (χ0n) is 11.1. The van der Waals surface area contributed by atoms with Crippen LogP contribution in [0.2, 0.25) is 0 Å². The monoisotopic (exact) mass is 258 g/mol. The highest BCUT2D eigenvalue weighted by molar-refractivity contribution is 5.00. The normalized spacial score (nSPS) is 19.1. The molecule has 2 heterocycles. The van der Waals surface area contributed by atoms with E-state index in [4.69, 9.17) is 0 Å². The minimum atomic E-state index is -2.60. The Balaban J connectivity index is 2.03. The Morgan fingerprint density at radius 2 is 1.83 bits per heavy atom. The van der Waals surface area contributed by atoms with Gasteiger partial charge in [0.15, 0.2) is 5.82 Å². The van der Waals surface area contributed by atoms with Gasteiger partial charge in [-0.25, -0.2) is 4.98 Å². The lowest BCUT2D eigenvalue weighted by atomic mass is 9.95. The molecule has 1 aromatic heterocycles. The van der Waals surface area contributed by atoms with Crippen LogP contribution in [-0.4, -0.2) is 38.8 Å². The van der Waals surface area contributed by atoms with Crippen molar-refractivity contribution in [2.75, 3.05) is 13.1 Å². The van der Waals surface area contributed by atoms with E-state index in [1.165, 1.54) is 0 Å². The van der Waals surface area contributed by atoms with Crippen LogP contribution >= 0.6 is 0 Å². The van der Waals surface area contributed by atoms with Gasteiger partial charge in [-0.1, -0.05) is 0 Å². The Hall–Kier alpha value is -1.04. The highest BCUT2D eigenvalue weighted by Crippen LogP contribution is 2.27. The number of likely N-dealkylation sites (tertiary alicyclic amines) is 1. The molecule has 0 N–H and O–H groups in total. The van der Waals surface area contributed by atoms with E-state index in [1.54, 1.807) is 6.92 Å². The summed E-state index contributed by atoms with van der Waals surface area (Å²) >= 11 is 0. The molecule has 0 aromatic carbocycles. The predicted octanol–water partition coefficient (Wildman–Crippen LogP) is 2.57. The lowest BCUT2D eigenvalue weighted by Gasteiger charge is -2.33. The van der Waals surface area contributed by atoms with E-state index in [1.807, 2.05) is 0 Å². The number of halogens is 2. The van der Waals surface area contributed by atoms with Crippen LogP contribution in [0.3, 0.4) is 0 Å². The van der Waals surface area contributed by atoms with E-state index >= 15 is 0 Å². The summed E-state index contributed by atoms with van der Waals surface area (Å²) in [7, 11) is 0. The van der Waals surface area contributed by atoms with E-state index in [0.29, 0.717) is 22.4 Å². The molecule has 4 nitrogen and oxygen atoms in total. The molecule has 0 saturated carbocycles. The van der Waals surface area contributed by atoms with Gasteiger partial charge in [-0.05, 0) is 46.7 Å². The van der Waals surface area contributed by atoms with E-state index in [9.17, 15) is 8.78 Å². The van der Waals surface area contributed by atoms with Gasteiger partial charge in [-0.3, -0.25) is 0 Å². The Morgan fingerprint density at radius 1 is 1.22 bits per heavy atom. The molecule has 0 spiro atoms. The molecule has 1 aliphatic heterocycles. The molecule has 18 heavy (non-hydrogen) atoms. The summed E-state index contributed by atoms with van der Waals surface area (Å²) in [6.45, 7) is 5.31. The molecule has 102 valence electrons. The van der Waals surface area contributed by atoms with E-state index < -0.39 is 6.55 Å². The molecule has 2 rings (SSSR count). The number of rotatable bonds is 3. The maximum atomic E-state index is 12.6. The largest absolute Gasteiger partial charge is 0.334 e. The van der Waals surface area contributed by atoms with Gasteiger partial charge in [0.2, 0.25) is 0 Å². The van der Waals surface area contributed by atoms with Crippen molar-refractivity contribution in [1.82, 2.24) is 19.7 Å². The Bertz CT molecular complexity index is 395. The summed E-state index contributed by atoms with van der Waals surface area (Å²) in [5.41, 5.74) is 0. The summed E-state index contributed by atoms with van der Waals surface area (Å²) in [6, 6.07) is 0.541. The van der Waals surface area contributed by atoms with Crippen LogP contribution < -0.4 is 0 Å². The summed E-state index contributed by atoms with van der Waals surface area (Å²) in [5, 5.41) is 3.94. The molecule has 0 bridgehead atoms. The lowest BCUT2D eigenvalue weighted by molar-refractivity contribution is 0.0532.